The van der Waals surface area contributed by atoms with Crippen molar-refractivity contribution >= 4 is 15.7 Å². The molecular formula is C14H15NO3S. The summed E-state index contributed by atoms with van der Waals surface area (Å²) in [7, 11) is -3.70. The van der Waals surface area contributed by atoms with Gasteiger partial charge >= 0.3 is 0 Å². The van der Waals surface area contributed by atoms with Crippen LogP contribution in [0.3, 0.4) is 0 Å². The van der Waals surface area contributed by atoms with Crippen molar-refractivity contribution in [3.63, 3.8) is 0 Å². The molecule has 4 nitrogen and oxygen atoms in total. The van der Waals surface area contributed by atoms with Gasteiger partial charge < -0.3 is 5.11 Å². The number of hydrogen-bond donors (Lipinski definition) is 2. The van der Waals surface area contributed by atoms with E-state index in [1.165, 1.54) is 12.1 Å². The maximum absolute atomic E-state index is 12.3. The van der Waals surface area contributed by atoms with E-state index in [0.717, 1.165) is 0 Å². The van der Waals surface area contributed by atoms with Gasteiger partial charge in [-0.3, -0.25) is 4.72 Å². The second kappa shape index (κ2) is 4.93. The minimum absolute atomic E-state index is 0.0860. The van der Waals surface area contributed by atoms with Crippen LogP contribution in [0.2, 0.25) is 0 Å². The Morgan fingerprint density at radius 3 is 2.21 bits per heavy atom. The molecule has 0 bridgehead atoms. The van der Waals surface area contributed by atoms with E-state index >= 15 is 0 Å². The van der Waals surface area contributed by atoms with E-state index in [0.29, 0.717) is 11.1 Å². The van der Waals surface area contributed by atoms with E-state index in [4.69, 9.17) is 0 Å². The molecule has 0 unspecified atom stereocenters. The van der Waals surface area contributed by atoms with Crippen LogP contribution in [0.4, 0.5) is 5.69 Å². The molecule has 0 fully saturated rings. The Kier molecular flexibility index (Phi) is 3.48. The lowest BCUT2D eigenvalue weighted by Gasteiger charge is -2.13. The number of aryl methyl sites for hydroxylation is 2. The lowest BCUT2D eigenvalue weighted by molar-refractivity contribution is 0.477. The van der Waals surface area contributed by atoms with Crippen LogP contribution in [-0.2, 0) is 10.0 Å². The molecule has 0 spiro atoms. The average molecular weight is 277 g/mol. The van der Waals surface area contributed by atoms with Crippen molar-refractivity contribution in [2.45, 2.75) is 18.7 Å². The average Bonchev–Trinajstić information content (AvgIpc) is 2.34. The van der Waals surface area contributed by atoms with Crippen molar-refractivity contribution in [2.24, 2.45) is 0 Å². The number of anilines is 1. The van der Waals surface area contributed by atoms with Gasteiger partial charge in [0.15, 0.2) is 0 Å². The molecule has 0 aliphatic heterocycles. The van der Waals surface area contributed by atoms with Gasteiger partial charge in [-0.15, -0.1) is 0 Å². The topological polar surface area (TPSA) is 66.4 Å². The van der Waals surface area contributed by atoms with Gasteiger partial charge in [0.1, 0.15) is 5.75 Å². The van der Waals surface area contributed by atoms with Crippen molar-refractivity contribution in [3.8, 4) is 5.75 Å². The SMILES string of the molecule is Cc1ccccc1S(=O)(=O)Nc1c(C)cccc1O. The summed E-state index contributed by atoms with van der Waals surface area (Å²) in [4.78, 5) is 0.206. The second-order valence-electron chi connectivity index (χ2n) is 4.34. The maximum atomic E-state index is 12.3. The van der Waals surface area contributed by atoms with Crippen molar-refractivity contribution in [3.05, 3.63) is 53.6 Å². The van der Waals surface area contributed by atoms with E-state index in [1.54, 1.807) is 44.2 Å². The summed E-state index contributed by atoms with van der Waals surface area (Å²) in [6, 6.07) is 11.5. The third-order valence-electron chi connectivity index (χ3n) is 2.87. The molecule has 100 valence electrons. The normalized spacial score (nSPS) is 11.3. The number of phenols is 1. The molecule has 0 saturated heterocycles. The highest BCUT2D eigenvalue weighted by Gasteiger charge is 2.18. The minimum atomic E-state index is -3.70. The number of phenolic OH excluding ortho intramolecular Hbond substituents is 1. The Labute approximate surface area is 112 Å². The number of sulfonamides is 1. The number of para-hydroxylation sites is 1. The predicted molar refractivity (Wildman–Crippen MR) is 74.8 cm³/mol. The van der Waals surface area contributed by atoms with Crippen molar-refractivity contribution in [1.29, 1.82) is 0 Å². The molecule has 0 amide bonds. The molecule has 2 aromatic rings. The van der Waals surface area contributed by atoms with E-state index < -0.39 is 10.0 Å². The Morgan fingerprint density at radius 1 is 0.947 bits per heavy atom. The highest BCUT2D eigenvalue weighted by atomic mass is 32.2. The van der Waals surface area contributed by atoms with Gasteiger partial charge in [-0.25, -0.2) is 8.42 Å². The Bertz CT molecular complexity index is 688. The molecule has 0 aliphatic carbocycles. The predicted octanol–water partition coefficient (Wildman–Crippen LogP) is 2.81. The molecule has 19 heavy (non-hydrogen) atoms. The zero-order chi connectivity index (χ0) is 14.0. The Balaban J connectivity index is 2.46. The molecule has 2 rings (SSSR count). The summed E-state index contributed by atoms with van der Waals surface area (Å²) in [5.41, 5.74) is 1.53. The smallest absolute Gasteiger partial charge is 0.262 e. The molecule has 5 heteroatoms. The second-order valence-corrected chi connectivity index (χ2v) is 5.99. The van der Waals surface area contributed by atoms with Crippen LogP contribution in [0.25, 0.3) is 0 Å². The summed E-state index contributed by atoms with van der Waals surface area (Å²) < 4.78 is 27.0. The van der Waals surface area contributed by atoms with Gasteiger partial charge in [0, 0.05) is 0 Å². The molecule has 0 aliphatic rings. The number of hydrogen-bond acceptors (Lipinski definition) is 3. The van der Waals surface area contributed by atoms with Crippen LogP contribution in [0.5, 0.6) is 5.75 Å². The highest BCUT2D eigenvalue weighted by Crippen LogP contribution is 2.29. The van der Waals surface area contributed by atoms with Crippen LogP contribution in [0.15, 0.2) is 47.4 Å². The van der Waals surface area contributed by atoms with Gasteiger partial charge in [0.2, 0.25) is 0 Å². The fourth-order valence-corrected chi connectivity index (χ4v) is 3.23. The largest absolute Gasteiger partial charge is 0.506 e. The number of rotatable bonds is 3. The lowest BCUT2D eigenvalue weighted by Crippen LogP contribution is -2.15. The number of aromatic hydroxyl groups is 1. The molecule has 0 saturated carbocycles. The fraction of sp³-hybridized carbons (Fsp3) is 0.143. The third kappa shape index (κ3) is 2.71. The van der Waals surface area contributed by atoms with E-state index in [-0.39, 0.29) is 16.3 Å². The molecule has 0 atom stereocenters. The summed E-state index contributed by atoms with van der Waals surface area (Å²) in [6.07, 6.45) is 0. The third-order valence-corrected chi connectivity index (χ3v) is 4.38. The number of benzene rings is 2. The quantitative estimate of drug-likeness (QED) is 0.848. The maximum Gasteiger partial charge on any atom is 0.262 e. The minimum Gasteiger partial charge on any atom is -0.506 e. The molecule has 0 radical (unpaired) electrons. The summed E-state index contributed by atoms with van der Waals surface area (Å²) >= 11 is 0. The standard InChI is InChI=1S/C14H15NO3S/c1-10-6-3-4-9-13(10)19(17,18)15-14-11(2)7-5-8-12(14)16/h3-9,15-16H,1-2H3. The lowest BCUT2D eigenvalue weighted by atomic mass is 10.2. The Morgan fingerprint density at radius 2 is 1.58 bits per heavy atom. The monoisotopic (exact) mass is 277 g/mol. The highest BCUT2D eigenvalue weighted by molar-refractivity contribution is 7.92. The van der Waals surface area contributed by atoms with E-state index in [9.17, 15) is 13.5 Å². The first-order chi connectivity index (χ1) is 8.92. The Hall–Kier alpha value is -2.01. The molecule has 0 aromatic heterocycles. The van der Waals surface area contributed by atoms with Gasteiger partial charge in [-0.05, 0) is 37.1 Å². The van der Waals surface area contributed by atoms with Crippen LogP contribution < -0.4 is 4.72 Å². The van der Waals surface area contributed by atoms with Crippen molar-refractivity contribution < 1.29 is 13.5 Å². The molecular weight excluding hydrogens is 262 g/mol. The summed E-state index contributed by atoms with van der Waals surface area (Å²) in [6.45, 7) is 3.46. The van der Waals surface area contributed by atoms with Crippen LogP contribution >= 0.6 is 0 Å². The zero-order valence-corrected chi connectivity index (χ0v) is 11.5. The first-order valence-corrected chi connectivity index (χ1v) is 7.27. The van der Waals surface area contributed by atoms with Crippen molar-refractivity contribution in [2.75, 3.05) is 4.72 Å². The molecule has 2 N–H and O–H groups in total. The van der Waals surface area contributed by atoms with E-state index in [1.807, 2.05) is 0 Å². The van der Waals surface area contributed by atoms with Crippen LogP contribution in [0, 0.1) is 13.8 Å². The number of nitrogens with one attached hydrogen (secondary N) is 1. The van der Waals surface area contributed by atoms with Crippen molar-refractivity contribution in [1.82, 2.24) is 0 Å². The first-order valence-electron chi connectivity index (χ1n) is 5.79. The first kappa shape index (κ1) is 13.4. The zero-order valence-electron chi connectivity index (χ0n) is 10.7. The van der Waals surface area contributed by atoms with Gasteiger partial charge in [0.25, 0.3) is 10.0 Å². The molecule has 2 aromatic carbocycles. The summed E-state index contributed by atoms with van der Waals surface area (Å²) in [5.74, 6) is -0.0860. The fourth-order valence-electron chi connectivity index (χ4n) is 1.83. The van der Waals surface area contributed by atoms with Gasteiger partial charge in [0.05, 0.1) is 10.6 Å². The van der Waals surface area contributed by atoms with Crippen LogP contribution in [-0.4, -0.2) is 13.5 Å². The summed E-state index contributed by atoms with van der Waals surface area (Å²) in [5, 5.41) is 9.74. The van der Waals surface area contributed by atoms with Gasteiger partial charge in [-0.2, -0.15) is 0 Å². The van der Waals surface area contributed by atoms with Gasteiger partial charge in [-0.1, -0.05) is 30.3 Å². The van der Waals surface area contributed by atoms with E-state index in [2.05, 4.69) is 4.72 Å². The molecule has 0 heterocycles. The van der Waals surface area contributed by atoms with Crippen LogP contribution in [0.1, 0.15) is 11.1 Å².